The van der Waals surface area contributed by atoms with Crippen LogP contribution in [0.2, 0.25) is 0 Å². The number of benzene rings is 3. The van der Waals surface area contributed by atoms with Gasteiger partial charge in [0.25, 0.3) is 0 Å². The van der Waals surface area contributed by atoms with Crippen LogP contribution in [0.5, 0.6) is 11.5 Å². The van der Waals surface area contributed by atoms with Crippen LogP contribution in [0.1, 0.15) is 53.9 Å². The van der Waals surface area contributed by atoms with Gasteiger partial charge in [0.1, 0.15) is 17.9 Å². The van der Waals surface area contributed by atoms with Gasteiger partial charge in [0.15, 0.2) is 11.6 Å². The first-order chi connectivity index (χ1) is 21.9. The van der Waals surface area contributed by atoms with Crippen molar-refractivity contribution in [3.05, 3.63) is 95.2 Å². The van der Waals surface area contributed by atoms with Gasteiger partial charge in [-0.15, -0.1) is 0 Å². The lowest BCUT2D eigenvalue weighted by Crippen LogP contribution is -2.31. The Morgan fingerprint density at radius 3 is 2.78 bits per heavy atom. The summed E-state index contributed by atoms with van der Waals surface area (Å²) in [5.74, 6) is 1.91. The van der Waals surface area contributed by atoms with Crippen LogP contribution >= 0.6 is 0 Å². The van der Waals surface area contributed by atoms with Crippen LogP contribution in [0.25, 0.3) is 11.1 Å². The minimum absolute atomic E-state index is 0.0642. The molecule has 8 rings (SSSR count). The molecular weight excluding hydrogens is 567 g/mol. The Hall–Kier alpha value is -4.81. The van der Waals surface area contributed by atoms with E-state index in [1.54, 1.807) is 24.7 Å². The quantitative estimate of drug-likeness (QED) is 0.262. The molecule has 1 spiro atoms. The van der Waals surface area contributed by atoms with Crippen molar-refractivity contribution in [3.8, 4) is 28.7 Å². The van der Waals surface area contributed by atoms with E-state index in [1.165, 1.54) is 17.7 Å². The van der Waals surface area contributed by atoms with E-state index in [1.807, 2.05) is 18.2 Å². The van der Waals surface area contributed by atoms with Crippen molar-refractivity contribution < 1.29 is 13.9 Å². The molecule has 4 aliphatic rings. The Balaban J connectivity index is 1.01. The van der Waals surface area contributed by atoms with Crippen molar-refractivity contribution in [2.24, 2.45) is 5.41 Å². The zero-order chi connectivity index (χ0) is 30.5. The fourth-order valence-corrected chi connectivity index (χ4v) is 7.40. The fourth-order valence-electron chi connectivity index (χ4n) is 7.40. The maximum atomic E-state index is 14.6. The zero-order valence-corrected chi connectivity index (χ0v) is 24.9. The van der Waals surface area contributed by atoms with E-state index in [2.05, 4.69) is 43.3 Å². The molecule has 0 bridgehead atoms. The largest absolute Gasteiger partial charge is 0.451 e. The second kappa shape index (κ2) is 11.0. The highest BCUT2D eigenvalue weighted by Gasteiger charge is 2.44. The van der Waals surface area contributed by atoms with Crippen molar-refractivity contribution in [1.82, 2.24) is 14.9 Å². The molecule has 8 nitrogen and oxygen atoms in total. The third kappa shape index (κ3) is 5.40. The zero-order valence-electron chi connectivity index (χ0n) is 24.9. The first-order valence-corrected chi connectivity index (χ1v) is 15.7. The molecule has 4 heterocycles. The lowest BCUT2D eigenvalue weighted by atomic mass is 9.86. The maximum Gasteiger partial charge on any atom is 0.228 e. The summed E-state index contributed by atoms with van der Waals surface area (Å²) in [7, 11) is 0. The molecule has 1 aliphatic carbocycles. The summed E-state index contributed by atoms with van der Waals surface area (Å²) in [6.07, 6.45) is 8.00. The number of nitrogens with zero attached hydrogens (tertiary/aromatic N) is 5. The van der Waals surface area contributed by atoms with Gasteiger partial charge in [0.05, 0.1) is 24.3 Å². The van der Waals surface area contributed by atoms with Crippen LogP contribution in [0.3, 0.4) is 0 Å². The summed E-state index contributed by atoms with van der Waals surface area (Å²) >= 11 is 0. The van der Waals surface area contributed by atoms with E-state index in [4.69, 9.17) is 4.74 Å². The van der Waals surface area contributed by atoms with Gasteiger partial charge in [-0.05, 0) is 96.8 Å². The minimum atomic E-state index is -0.342. The summed E-state index contributed by atoms with van der Waals surface area (Å²) in [5.41, 5.74) is 6.64. The number of likely N-dealkylation sites (tertiary alicyclic amines) is 1. The maximum absolute atomic E-state index is 14.6. The Morgan fingerprint density at radius 2 is 1.91 bits per heavy atom. The van der Waals surface area contributed by atoms with E-state index < -0.39 is 0 Å². The fraction of sp³-hybridized carbons (Fsp3) is 0.333. The second-order valence-corrected chi connectivity index (χ2v) is 13.0. The van der Waals surface area contributed by atoms with Gasteiger partial charge < -0.3 is 15.0 Å². The number of nitrogens with one attached hydrogen (secondary N) is 1. The van der Waals surface area contributed by atoms with Gasteiger partial charge in [-0.2, -0.15) is 5.26 Å². The number of hydrogen-bond donors (Lipinski definition) is 1. The number of nitriles is 1. The number of amides is 1. The van der Waals surface area contributed by atoms with Crippen molar-refractivity contribution in [2.75, 3.05) is 36.4 Å². The highest BCUT2D eigenvalue weighted by atomic mass is 19.1. The summed E-state index contributed by atoms with van der Waals surface area (Å²) < 4.78 is 21.2. The molecule has 1 saturated carbocycles. The minimum Gasteiger partial charge on any atom is -0.451 e. The average molecular weight is 601 g/mol. The standard InChI is InChI=1S/C36H33FN6O2/c37-27-5-8-32(30(16-27)28-6-1-23(17-38)14-29(28)25-3-4-25)45-33-18-39-22-40-35(33)43-12-10-36(21-43)9-11-42(20-36)19-24-2-7-31-26(13-24)15-34(44)41-31/h1-2,5-8,13-14,16,18,22,25H,3-4,9-12,15,19-21H2,(H,41,44). The van der Waals surface area contributed by atoms with Gasteiger partial charge in [-0.1, -0.05) is 18.2 Å². The number of carbonyl (C=O) groups excluding carboxylic acids is 1. The van der Waals surface area contributed by atoms with E-state index in [0.29, 0.717) is 35.0 Å². The second-order valence-electron chi connectivity index (χ2n) is 13.0. The predicted octanol–water partition coefficient (Wildman–Crippen LogP) is 6.42. The third-order valence-corrected chi connectivity index (χ3v) is 9.76. The van der Waals surface area contributed by atoms with Crippen LogP contribution in [0, 0.1) is 22.6 Å². The van der Waals surface area contributed by atoms with Gasteiger partial charge in [0, 0.05) is 42.8 Å². The normalized spacial score (nSPS) is 20.8. The molecule has 2 saturated heterocycles. The molecule has 1 N–H and O–H groups in total. The van der Waals surface area contributed by atoms with Gasteiger partial charge in [-0.25, -0.2) is 14.4 Å². The molecule has 1 atom stereocenters. The van der Waals surface area contributed by atoms with Crippen LogP contribution in [0.15, 0.2) is 67.1 Å². The van der Waals surface area contributed by atoms with E-state index in [9.17, 15) is 14.4 Å². The number of anilines is 2. The molecule has 226 valence electrons. The van der Waals surface area contributed by atoms with Crippen LogP contribution in [-0.4, -0.2) is 47.0 Å². The molecule has 1 unspecified atom stereocenters. The summed E-state index contributed by atoms with van der Waals surface area (Å²) in [6.45, 7) is 4.64. The smallest absolute Gasteiger partial charge is 0.228 e. The number of rotatable bonds is 7. The Bertz CT molecular complexity index is 1870. The van der Waals surface area contributed by atoms with Crippen LogP contribution in [-0.2, 0) is 17.8 Å². The lowest BCUT2D eigenvalue weighted by molar-refractivity contribution is -0.115. The number of ether oxygens (including phenoxy) is 1. The highest BCUT2D eigenvalue weighted by Crippen LogP contribution is 2.48. The molecule has 3 aliphatic heterocycles. The molecule has 3 aromatic carbocycles. The molecule has 0 radical (unpaired) electrons. The summed E-state index contributed by atoms with van der Waals surface area (Å²) in [6, 6.07) is 18.8. The predicted molar refractivity (Wildman–Crippen MR) is 169 cm³/mol. The van der Waals surface area contributed by atoms with Crippen molar-refractivity contribution >= 4 is 17.4 Å². The molecule has 1 aromatic heterocycles. The first-order valence-electron chi connectivity index (χ1n) is 15.7. The molecule has 1 amide bonds. The van der Waals surface area contributed by atoms with Gasteiger partial charge in [0.2, 0.25) is 5.91 Å². The number of aromatic nitrogens is 2. The monoisotopic (exact) mass is 600 g/mol. The SMILES string of the molecule is N#Cc1ccc(-c2cc(F)ccc2Oc2cncnc2N2CCC3(CCN(Cc4ccc5c(c4)CC(=O)N5)C3)C2)c(C2CC2)c1. The van der Waals surface area contributed by atoms with Crippen molar-refractivity contribution in [2.45, 2.75) is 44.6 Å². The van der Waals surface area contributed by atoms with E-state index in [-0.39, 0.29) is 17.1 Å². The molecule has 4 aromatic rings. The average Bonchev–Trinajstić information content (AvgIpc) is 3.55. The summed E-state index contributed by atoms with van der Waals surface area (Å²) in [5, 5.41) is 12.4. The third-order valence-electron chi connectivity index (χ3n) is 9.76. The van der Waals surface area contributed by atoms with Gasteiger partial charge >= 0.3 is 0 Å². The number of halogens is 1. The molecule has 9 heteroatoms. The molecule has 3 fully saturated rings. The first kappa shape index (κ1) is 27.7. The Kier molecular flexibility index (Phi) is 6.76. The van der Waals surface area contributed by atoms with Crippen molar-refractivity contribution in [1.29, 1.82) is 5.26 Å². The highest BCUT2D eigenvalue weighted by molar-refractivity contribution is 5.99. The van der Waals surface area contributed by atoms with Gasteiger partial charge in [-0.3, -0.25) is 9.69 Å². The lowest BCUT2D eigenvalue weighted by Gasteiger charge is -2.26. The van der Waals surface area contributed by atoms with Crippen LogP contribution < -0.4 is 15.0 Å². The van der Waals surface area contributed by atoms with Crippen molar-refractivity contribution in [3.63, 3.8) is 0 Å². The Morgan fingerprint density at radius 1 is 1.02 bits per heavy atom. The van der Waals surface area contributed by atoms with E-state index in [0.717, 1.165) is 86.6 Å². The number of hydrogen-bond acceptors (Lipinski definition) is 7. The topological polar surface area (TPSA) is 94.4 Å². The van der Waals surface area contributed by atoms with Crippen LogP contribution in [0.4, 0.5) is 15.9 Å². The summed E-state index contributed by atoms with van der Waals surface area (Å²) in [4.78, 5) is 25.6. The Labute approximate surface area is 261 Å². The molecular formula is C36H33FN6O2. The molecule has 45 heavy (non-hydrogen) atoms. The number of carbonyl (C=O) groups is 1. The number of fused-ring (bicyclic) bond motifs is 1. The van der Waals surface area contributed by atoms with E-state index >= 15 is 0 Å².